The molecule has 0 saturated carbocycles. The standard InChI is InChI=1S/C18H22OS/c1-18(19,15-10-5-3-2-4-6-11-15)17-13-14-9-7-8-12-16(14)20-17/h7-10,12-13,19H,2-6,11H2,1H3/b15-10+. The molecule has 0 spiro atoms. The molecule has 2 heteroatoms. The van der Waals surface area contributed by atoms with Gasteiger partial charge in [0.05, 0.1) is 0 Å². The number of aliphatic hydroxyl groups is 1. The number of benzene rings is 1. The lowest BCUT2D eigenvalue weighted by Crippen LogP contribution is -2.23. The zero-order valence-electron chi connectivity index (χ0n) is 12.1. The number of thiophene rings is 1. The Hall–Kier alpha value is -1.12. The highest BCUT2D eigenvalue weighted by Gasteiger charge is 2.29. The van der Waals surface area contributed by atoms with Gasteiger partial charge in [-0.05, 0) is 55.7 Å². The van der Waals surface area contributed by atoms with Crippen molar-refractivity contribution in [3.8, 4) is 0 Å². The molecule has 2 aromatic rings. The summed E-state index contributed by atoms with van der Waals surface area (Å²) in [6.45, 7) is 1.96. The summed E-state index contributed by atoms with van der Waals surface area (Å²) in [6, 6.07) is 10.5. The van der Waals surface area contributed by atoms with E-state index in [9.17, 15) is 5.11 Å². The molecule has 1 aromatic heterocycles. The maximum Gasteiger partial charge on any atom is 0.117 e. The predicted octanol–water partition coefficient (Wildman–Crippen LogP) is 5.39. The van der Waals surface area contributed by atoms with E-state index in [0.717, 1.165) is 17.7 Å². The quantitative estimate of drug-likeness (QED) is 0.734. The molecular weight excluding hydrogens is 264 g/mol. The fraction of sp³-hybridized carbons (Fsp3) is 0.444. The SMILES string of the molecule is CC(O)(/C1=C/CCCCCC1)c1cc2ccccc2s1. The van der Waals surface area contributed by atoms with E-state index in [4.69, 9.17) is 0 Å². The lowest BCUT2D eigenvalue weighted by Gasteiger charge is -2.27. The molecular formula is C18H22OS. The molecule has 1 heterocycles. The van der Waals surface area contributed by atoms with Crippen LogP contribution >= 0.6 is 11.3 Å². The van der Waals surface area contributed by atoms with Crippen LogP contribution in [0.15, 0.2) is 42.0 Å². The third-order valence-electron chi connectivity index (χ3n) is 4.32. The highest BCUT2D eigenvalue weighted by molar-refractivity contribution is 7.19. The van der Waals surface area contributed by atoms with E-state index in [-0.39, 0.29) is 0 Å². The predicted molar refractivity (Wildman–Crippen MR) is 87.2 cm³/mol. The van der Waals surface area contributed by atoms with Crippen LogP contribution in [0.2, 0.25) is 0 Å². The first-order valence-electron chi connectivity index (χ1n) is 7.59. The molecule has 0 aliphatic heterocycles. The number of allylic oxidation sites excluding steroid dienone is 1. The van der Waals surface area contributed by atoms with Crippen molar-refractivity contribution >= 4 is 21.4 Å². The van der Waals surface area contributed by atoms with Crippen LogP contribution in [-0.2, 0) is 5.60 Å². The van der Waals surface area contributed by atoms with Crippen molar-refractivity contribution in [2.75, 3.05) is 0 Å². The number of rotatable bonds is 2. The first kappa shape index (κ1) is 13.8. The van der Waals surface area contributed by atoms with E-state index in [0.29, 0.717) is 0 Å². The van der Waals surface area contributed by atoms with Gasteiger partial charge in [-0.25, -0.2) is 0 Å². The van der Waals surface area contributed by atoms with Gasteiger partial charge in [-0.3, -0.25) is 0 Å². The second-order valence-corrected chi connectivity index (χ2v) is 6.99. The third-order valence-corrected chi connectivity index (χ3v) is 5.65. The normalized spacial score (nSPS) is 22.6. The number of fused-ring (bicyclic) bond motifs is 1. The van der Waals surface area contributed by atoms with Gasteiger partial charge in [-0.1, -0.05) is 37.1 Å². The molecule has 106 valence electrons. The lowest BCUT2D eigenvalue weighted by atomic mass is 9.87. The van der Waals surface area contributed by atoms with Crippen molar-refractivity contribution in [1.82, 2.24) is 0 Å². The van der Waals surface area contributed by atoms with Crippen LogP contribution < -0.4 is 0 Å². The summed E-state index contributed by atoms with van der Waals surface area (Å²) in [5.41, 5.74) is 0.407. The summed E-state index contributed by atoms with van der Waals surface area (Å²) >= 11 is 1.72. The van der Waals surface area contributed by atoms with Crippen LogP contribution in [0, 0.1) is 0 Å². The van der Waals surface area contributed by atoms with Crippen LogP contribution in [0.25, 0.3) is 10.1 Å². The molecule has 0 radical (unpaired) electrons. The maximum absolute atomic E-state index is 11.1. The summed E-state index contributed by atoms with van der Waals surface area (Å²) in [5, 5.41) is 12.3. The average Bonchev–Trinajstić information content (AvgIpc) is 2.82. The fourth-order valence-electron chi connectivity index (χ4n) is 3.01. The molecule has 0 bridgehead atoms. The van der Waals surface area contributed by atoms with Gasteiger partial charge in [0.2, 0.25) is 0 Å². The fourth-order valence-corrected chi connectivity index (χ4v) is 4.16. The minimum Gasteiger partial charge on any atom is -0.380 e. The lowest BCUT2D eigenvalue weighted by molar-refractivity contribution is 0.0962. The molecule has 1 unspecified atom stereocenters. The van der Waals surface area contributed by atoms with Gasteiger partial charge in [0, 0.05) is 9.58 Å². The first-order valence-corrected chi connectivity index (χ1v) is 8.40. The van der Waals surface area contributed by atoms with Gasteiger partial charge in [-0.2, -0.15) is 0 Å². The van der Waals surface area contributed by atoms with Crippen molar-refractivity contribution in [2.45, 2.75) is 51.0 Å². The summed E-state index contributed by atoms with van der Waals surface area (Å²) in [6.07, 6.45) is 9.49. The highest BCUT2D eigenvalue weighted by atomic mass is 32.1. The molecule has 0 fully saturated rings. The maximum atomic E-state index is 11.1. The van der Waals surface area contributed by atoms with E-state index in [1.165, 1.54) is 41.3 Å². The molecule has 1 aromatic carbocycles. The first-order chi connectivity index (χ1) is 9.68. The minimum absolute atomic E-state index is 0.805. The van der Waals surface area contributed by atoms with Gasteiger partial charge >= 0.3 is 0 Å². The Morgan fingerprint density at radius 1 is 1.10 bits per heavy atom. The Labute approximate surface area is 125 Å². The van der Waals surface area contributed by atoms with Crippen LogP contribution in [0.1, 0.15) is 50.3 Å². The van der Waals surface area contributed by atoms with Crippen LogP contribution in [0.5, 0.6) is 0 Å². The van der Waals surface area contributed by atoms with Gasteiger partial charge in [-0.15, -0.1) is 11.3 Å². The second kappa shape index (κ2) is 5.71. The largest absolute Gasteiger partial charge is 0.380 e. The smallest absolute Gasteiger partial charge is 0.117 e. The van der Waals surface area contributed by atoms with Crippen molar-refractivity contribution < 1.29 is 5.11 Å². The van der Waals surface area contributed by atoms with E-state index in [1.54, 1.807) is 11.3 Å². The topological polar surface area (TPSA) is 20.2 Å². The van der Waals surface area contributed by atoms with Crippen molar-refractivity contribution in [1.29, 1.82) is 0 Å². The molecule has 1 N–H and O–H groups in total. The van der Waals surface area contributed by atoms with Crippen molar-refractivity contribution in [3.05, 3.63) is 46.9 Å². The molecule has 0 saturated heterocycles. The molecule has 20 heavy (non-hydrogen) atoms. The van der Waals surface area contributed by atoms with Crippen molar-refractivity contribution in [3.63, 3.8) is 0 Å². The summed E-state index contributed by atoms with van der Waals surface area (Å²) in [5.74, 6) is 0. The van der Waals surface area contributed by atoms with E-state index < -0.39 is 5.60 Å². The zero-order chi connectivity index (χ0) is 14.0. The monoisotopic (exact) mass is 286 g/mol. The van der Waals surface area contributed by atoms with Gasteiger partial charge in [0.25, 0.3) is 0 Å². The van der Waals surface area contributed by atoms with E-state index in [1.807, 2.05) is 6.92 Å². The Morgan fingerprint density at radius 3 is 2.75 bits per heavy atom. The Bertz CT molecular complexity index is 588. The molecule has 0 amide bonds. The molecule has 1 aliphatic carbocycles. The van der Waals surface area contributed by atoms with E-state index in [2.05, 4.69) is 36.4 Å². The Kier molecular flexibility index (Phi) is 3.95. The highest BCUT2D eigenvalue weighted by Crippen LogP contribution is 2.39. The zero-order valence-corrected chi connectivity index (χ0v) is 12.9. The summed E-state index contributed by atoms with van der Waals surface area (Å²) in [4.78, 5) is 1.07. The van der Waals surface area contributed by atoms with Crippen LogP contribution in [0.4, 0.5) is 0 Å². The number of hydrogen-bond acceptors (Lipinski definition) is 2. The van der Waals surface area contributed by atoms with Gasteiger partial charge in [0.15, 0.2) is 0 Å². The molecule has 1 atom stereocenters. The average molecular weight is 286 g/mol. The Morgan fingerprint density at radius 2 is 1.90 bits per heavy atom. The Balaban J connectivity index is 1.96. The van der Waals surface area contributed by atoms with Crippen LogP contribution in [-0.4, -0.2) is 5.11 Å². The second-order valence-electron chi connectivity index (χ2n) is 5.90. The summed E-state index contributed by atoms with van der Waals surface area (Å²) in [7, 11) is 0. The van der Waals surface area contributed by atoms with Crippen LogP contribution in [0.3, 0.4) is 0 Å². The van der Waals surface area contributed by atoms with Gasteiger partial charge in [0.1, 0.15) is 5.60 Å². The number of hydrogen-bond donors (Lipinski definition) is 1. The third kappa shape index (κ3) is 2.68. The molecule has 1 nitrogen and oxygen atoms in total. The molecule has 1 aliphatic rings. The van der Waals surface area contributed by atoms with Gasteiger partial charge < -0.3 is 5.11 Å². The summed E-state index contributed by atoms with van der Waals surface area (Å²) < 4.78 is 1.26. The van der Waals surface area contributed by atoms with Crippen molar-refractivity contribution in [2.24, 2.45) is 0 Å². The molecule has 3 rings (SSSR count). The minimum atomic E-state index is -0.805. The van der Waals surface area contributed by atoms with E-state index >= 15 is 0 Å².